The molecule has 0 saturated carbocycles. The number of nitrogens with two attached hydrogens (primary N) is 1. The van der Waals surface area contributed by atoms with Crippen LogP contribution in [0.1, 0.15) is 12.8 Å². The van der Waals surface area contributed by atoms with E-state index < -0.39 is 0 Å². The molecule has 1 aliphatic heterocycles. The maximum Gasteiger partial charge on any atom is 0.238 e. The number of nitrogens with one attached hydrogen (secondary N) is 1. The van der Waals surface area contributed by atoms with Crippen LogP contribution in [0.25, 0.3) is 0 Å². The molecule has 1 aromatic rings. The van der Waals surface area contributed by atoms with E-state index in [4.69, 9.17) is 22.1 Å². The standard InChI is InChI=1S/C14H20ClN3O2/c1-20-13-3-2-11(8-12(13)15)17-14(19)9-18-6-4-10(16)5-7-18/h2-3,8,10H,4-7,9,16H2,1H3,(H,17,19). The lowest BCUT2D eigenvalue weighted by atomic mass is 10.1. The van der Waals surface area contributed by atoms with Crippen molar-refractivity contribution in [1.29, 1.82) is 0 Å². The minimum absolute atomic E-state index is 0.0401. The van der Waals surface area contributed by atoms with E-state index in [9.17, 15) is 4.79 Å². The van der Waals surface area contributed by atoms with Crippen LogP contribution < -0.4 is 15.8 Å². The number of rotatable bonds is 4. The number of halogens is 1. The van der Waals surface area contributed by atoms with Crippen molar-refractivity contribution in [2.24, 2.45) is 5.73 Å². The predicted octanol–water partition coefficient (Wildman–Crippen LogP) is 1.71. The van der Waals surface area contributed by atoms with Crippen LogP contribution in [0.2, 0.25) is 5.02 Å². The van der Waals surface area contributed by atoms with Crippen LogP contribution >= 0.6 is 11.6 Å². The Morgan fingerprint density at radius 2 is 2.20 bits per heavy atom. The first-order chi connectivity index (χ1) is 9.58. The molecular formula is C14H20ClN3O2. The van der Waals surface area contributed by atoms with E-state index >= 15 is 0 Å². The molecule has 0 atom stereocenters. The molecule has 1 saturated heterocycles. The van der Waals surface area contributed by atoms with Crippen LogP contribution in [0.4, 0.5) is 5.69 Å². The summed E-state index contributed by atoms with van der Waals surface area (Å²) in [6.07, 6.45) is 1.89. The van der Waals surface area contributed by atoms with Gasteiger partial charge in [0.1, 0.15) is 5.75 Å². The lowest BCUT2D eigenvalue weighted by molar-refractivity contribution is -0.117. The van der Waals surface area contributed by atoms with Gasteiger partial charge in [-0.25, -0.2) is 0 Å². The van der Waals surface area contributed by atoms with Crippen molar-refractivity contribution in [2.75, 3.05) is 32.1 Å². The van der Waals surface area contributed by atoms with Crippen LogP contribution in [0.3, 0.4) is 0 Å². The zero-order valence-corrected chi connectivity index (χ0v) is 12.3. The van der Waals surface area contributed by atoms with Crippen molar-refractivity contribution in [3.8, 4) is 5.75 Å². The van der Waals surface area contributed by atoms with Gasteiger partial charge in [0.15, 0.2) is 0 Å². The zero-order chi connectivity index (χ0) is 14.5. The Morgan fingerprint density at radius 1 is 1.50 bits per heavy atom. The zero-order valence-electron chi connectivity index (χ0n) is 11.6. The second kappa shape index (κ2) is 6.92. The molecule has 0 bridgehead atoms. The van der Waals surface area contributed by atoms with Crippen molar-refractivity contribution in [1.82, 2.24) is 4.90 Å². The average molecular weight is 298 g/mol. The number of carbonyl (C=O) groups excluding carboxylic acids is 1. The average Bonchev–Trinajstić information content (AvgIpc) is 2.41. The van der Waals surface area contributed by atoms with Gasteiger partial charge >= 0.3 is 0 Å². The lowest BCUT2D eigenvalue weighted by Crippen LogP contribution is -2.43. The van der Waals surface area contributed by atoms with Gasteiger partial charge in [-0.05, 0) is 31.0 Å². The number of nitrogens with zero attached hydrogens (tertiary/aromatic N) is 1. The molecule has 20 heavy (non-hydrogen) atoms. The molecular weight excluding hydrogens is 278 g/mol. The monoisotopic (exact) mass is 297 g/mol. The maximum absolute atomic E-state index is 12.0. The number of likely N-dealkylation sites (tertiary alicyclic amines) is 1. The largest absolute Gasteiger partial charge is 0.495 e. The fraction of sp³-hybridized carbons (Fsp3) is 0.500. The number of amides is 1. The third-order valence-corrected chi connectivity index (χ3v) is 3.73. The number of anilines is 1. The smallest absolute Gasteiger partial charge is 0.238 e. The van der Waals surface area contributed by atoms with Gasteiger partial charge in [-0.1, -0.05) is 11.6 Å². The van der Waals surface area contributed by atoms with Crippen LogP contribution in [-0.2, 0) is 4.79 Å². The minimum atomic E-state index is -0.0401. The van der Waals surface area contributed by atoms with E-state index in [1.807, 2.05) is 0 Å². The van der Waals surface area contributed by atoms with E-state index in [0.29, 0.717) is 23.0 Å². The van der Waals surface area contributed by atoms with E-state index in [-0.39, 0.29) is 11.9 Å². The molecule has 0 radical (unpaired) electrons. The van der Waals surface area contributed by atoms with Gasteiger partial charge < -0.3 is 15.8 Å². The van der Waals surface area contributed by atoms with Crippen molar-refractivity contribution < 1.29 is 9.53 Å². The Bertz CT molecular complexity index is 473. The number of hydrogen-bond acceptors (Lipinski definition) is 4. The van der Waals surface area contributed by atoms with E-state index in [1.54, 1.807) is 25.3 Å². The summed E-state index contributed by atoms with van der Waals surface area (Å²) in [5.74, 6) is 0.552. The Kier molecular flexibility index (Phi) is 5.23. The molecule has 1 amide bonds. The summed E-state index contributed by atoms with van der Waals surface area (Å²) in [6.45, 7) is 2.13. The lowest BCUT2D eigenvalue weighted by Gasteiger charge is -2.29. The summed E-state index contributed by atoms with van der Waals surface area (Å²) in [4.78, 5) is 14.1. The Balaban J connectivity index is 1.86. The first kappa shape index (κ1) is 15.1. The number of ether oxygens (including phenoxy) is 1. The van der Waals surface area contributed by atoms with Gasteiger partial charge in [0, 0.05) is 24.8 Å². The summed E-state index contributed by atoms with van der Waals surface area (Å²) in [5.41, 5.74) is 6.52. The van der Waals surface area contributed by atoms with E-state index in [1.165, 1.54) is 0 Å². The quantitative estimate of drug-likeness (QED) is 0.888. The molecule has 0 aromatic heterocycles. The SMILES string of the molecule is COc1ccc(NC(=O)CN2CCC(N)CC2)cc1Cl. The van der Waals surface area contributed by atoms with Crippen LogP contribution in [0.15, 0.2) is 18.2 Å². The highest BCUT2D eigenvalue weighted by Gasteiger charge is 2.18. The predicted molar refractivity (Wildman–Crippen MR) is 80.3 cm³/mol. The summed E-state index contributed by atoms with van der Waals surface area (Å²) in [5, 5.41) is 3.32. The number of benzene rings is 1. The fourth-order valence-corrected chi connectivity index (χ4v) is 2.52. The van der Waals surface area contributed by atoms with Gasteiger partial charge in [-0.2, -0.15) is 0 Å². The van der Waals surface area contributed by atoms with Crippen molar-refractivity contribution in [2.45, 2.75) is 18.9 Å². The molecule has 5 nitrogen and oxygen atoms in total. The Hall–Kier alpha value is -1.30. The van der Waals surface area contributed by atoms with Crippen LogP contribution in [-0.4, -0.2) is 43.6 Å². The van der Waals surface area contributed by atoms with Crippen LogP contribution in [0, 0.1) is 0 Å². The maximum atomic E-state index is 12.0. The normalized spacial score (nSPS) is 16.9. The summed E-state index contributed by atoms with van der Waals surface area (Å²) in [7, 11) is 1.56. The number of carbonyl (C=O) groups is 1. The molecule has 1 fully saturated rings. The van der Waals surface area contributed by atoms with Crippen LogP contribution in [0.5, 0.6) is 5.75 Å². The summed E-state index contributed by atoms with van der Waals surface area (Å²) >= 11 is 6.02. The third kappa shape index (κ3) is 4.10. The second-order valence-electron chi connectivity index (χ2n) is 5.01. The van der Waals surface area contributed by atoms with Gasteiger partial charge in [-0.15, -0.1) is 0 Å². The second-order valence-corrected chi connectivity index (χ2v) is 5.42. The minimum Gasteiger partial charge on any atom is -0.495 e. The molecule has 1 aromatic carbocycles. The first-order valence-electron chi connectivity index (χ1n) is 6.70. The van der Waals surface area contributed by atoms with Gasteiger partial charge in [0.25, 0.3) is 0 Å². The van der Waals surface area contributed by atoms with Gasteiger partial charge in [0.2, 0.25) is 5.91 Å². The topological polar surface area (TPSA) is 67.6 Å². The highest BCUT2D eigenvalue weighted by Crippen LogP contribution is 2.27. The van der Waals surface area contributed by atoms with E-state index in [2.05, 4.69) is 10.2 Å². The molecule has 1 heterocycles. The molecule has 1 aliphatic rings. The summed E-state index contributed by atoms with van der Waals surface area (Å²) < 4.78 is 5.07. The highest BCUT2D eigenvalue weighted by molar-refractivity contribution is 6.32. The highest BCUT2D eigenvalue weighted by atomic mass is 35.5. The molecule has 3 N–H and O–H groups in total. The fourth-order valence-electron chi connectivity index (χ4n) is 2.26. The Morgan fingerprint density at radius 3 is 2.80 bits per heavy atom. The summed E-state index contributed by atoms with van der Waals surface area (Å²) in [6, 6.07) is 5.46. The van der Waals surface area contributed by atoms with E-state index in [0.717, 1.165) is 25.9 Å². The molecule has 0 unspecified atom stereocenters. The van der Waals surface area contributed by atoms with Gasteiger partial charge in [-0.3, -0.25) is 9.69 Å². The molecule has 110 valence electrons. The number of piperidine rings is 1. The van der Waals surface area contributed by atoms with Crippen molar-refractivity contribution in [3.63, 3.8) is 0 Å². The Labute approximate surface area is 124 Å². The van der Waals surface area contributed by atoms with Crippen molar-refractivity contribution in [3.05, 3.63) is 23.2 Å². The van der Waals surface area contributed by atoms with Crippen molar-refractivity contribution >= 4 is 23.2 Å². The first-order valence-corrected chi connectivity index (χ1v) is 7.07. The molecule has 6 heteroatoms. The van der Waals surface area contributed by atoms with Gasteiger partial charge in [0.05, 0.1) is 18.7 Å². The third-order valence-electron chi connectivity index (χ3n) is 3.44. The molecule has 0 spiro atoms. The molecule has 2 rings (SSSR count). The number of hydrogen-bond donors (Lipinski definition) is 2. The number of methoxy groups -OCH3 is 1. The molecule has 0 aliphatic carbocycles.